The van der Waals surface area contributed by atoms with E-state index >= 15 is 0 Å². The van der Waals surface area contributed by atoms with Crippen LogP contribution in [-0.2, 0) is 5.41 Å². The molecule has 0 saturated heterocycles. The SMILES string of the molecule is CC(C)c1oc2sccc2c1C(C)(C)C. The van der Waals surface area contributed by atoms with Gasteiger partial charge in [-0.1, -0.05) is 34.6 Å². The predicted molar refractivity (Wildman–Crippen MR) is 66.9 cm³/mol. The van der Waals surface area contributed by atoms with E-state index in [9.17, 15) is 0 Å². The van der Waals surface area contributed by atoms with Crippen LogP contribution in [-0.4, -0.2) is 0 Å². The van der Waals surface area contributed by atoms with Crippen LogP contribution >= 0.6 is 11.3 Å². The molecular weight excluding hydrogens is 204 g/mol. The third kappa shape index (κ3) is 1.71. The van der Waals surface area contributed by atoms with Gasteiger partial charge in [0, 0.05) is 16.9 Å². The van der Waals surface area contributed by atoms with E-state index in [0.29, 0.717) is 5.92 Å². The van der Waals surface area contributed by atoms with Crippen molar-refractivity contribution < 1.29 is 4.42 Å². The summed E-state index contributed by atoms with van der Waals surface area (Å²) in [5.74, 6) is 1.61. The normalized spacial score (nSPS) is 12.9. The molecule has 82 valence electrons. The van der Waals surface area contributed by atoms with Crippen LogP contribution in [0.3, 0.4) is 0 Å². The highest BCUT2D eigenvalue weighted by Gasteiger charge is 2.26. The number of furan rings is 1. The molecule has 2 heterocycles. The van der Waals surface area contributed by atoms with E-state index < -0.39 is 0 Å². The highest BCUT2D eigenvalue weighted by Crippen LogP contribution is 2.40. The monoisotopic (exact) mass is 222 g/mol. The van der Waals surface area contributed by atoms with E-state index in [1.807, 2.05) is 0 Å². The predicted octanol–water partition coefficient (Wildman–Crippen LogP) is 4.92. The number of hydrogen-bond donors (Lipinski definition) is 0. The van der Waals surface area contributed by atoms with Crippen molar-refractivity contribution in [3.05, 3.63) is 22.8 Å². The van der Waals surface area contributed by atoms with Gasteiger partial charge in [0.25, 0.3) is 0 Å². The Morgan fingerprint density at radius 2 is 1.93 bits per heavy atom. The summed E-state index contributed by atoms with van der Waals surface area (Å²) in [4.78, 5) is 1.07. The van der Waals surface area contributed by atoms with Gasteiger partial charge in [-0.05, 0) is 16.9 Å². The topological polar surface area (TPSA) is 13.1 Å². The van der Waals surface area contributed by atoms with Gasteiger partial charge >= 0.3 is 0 Å². The first-order valence-electron chi connectivity index (χ1n) is 5.41. The van der Waals surface area contributed by atoms with E-state index in [-0.39, 0.29) is 5.41 Å². The quantitative estimate of drug-likeness (QED) is 0.667. The maximum absolute atomic E-state index is 5.95. The van der Waals surface area contributed by atoms with Gasteiger partial charge in [0.2, 0.25) is 0 Å². The van der Waals surface area contributed by atoms with Crippen molar-refractivity contribution in [3.8, 4) is 0 Å². The van der Waals surface area contributed by atoms with Gasteiger partial charge in [-0.15, -0.1) is 11.3 Å². The molecule has 0 saturated carbocycles. The lowest BCUT2D eigenvalue weighted by Gasteiger charge is -2.20. The molecule has 2 aromatic heterocycles. The van der Waals surface area contributed by atoms with Crippen LogP contribution in [0.4, 0.5) is 0 Å². The van der Waals surface area contributed by atoms with E-state index in [4.69, 9.17) is 4.42 Å². The molecule has 0 fully saturated rings. The zero-order chi connectivity index (χ0) is 11.2. The van der Waals surface area contributed by atoms with Crippen LogP contribution in [0.5, 0.6) is 0 Å². The highest BCUT2D eigenvalue weighted by atomic mass is 32.1. The van der Waals surface area contributed by atoms with Crippen LogP contribution in [0, 0.1) is 0 Å². The second-order valence-electron chi connectivity index (χ2n) is 5.37. The van der Waals surface area contributed by atoms with Crippen LogP contribution in [0.2, 0.25) is 0 Å². The van der Waals surface area contributed by atoms with Crippen molar-refractivity contribution in [1.29, 1.82) is 0 Å². The smallest absolute Gasteiger partial charge is 0.188 e. The Morgan fingerprint density at radius 1 is 1.27 bits per heavy atom. The van der Waals surface area contributed by atoms with Crippen molar-refractivity contribution >= 4 is 21.6 Å². The summed E-state index contributed by atoms with van der Waals surface area (Å²) < 4.78 is 5.95. The third-order valence-electron chi connectivity index (χ3n) is 2.62. The fraction of sp³-hybridized carbons (Fsp3) is 0.538. The zero-order valence-electron chi connectivity index (χ0n) is 10.0. The minimum atomic E-state index is 0.159. The average molecular weight is 222 g/mol. The second-order valence-corrected chi connectivity index (χ2v) is 6.25. The molecule has 0 spiro atoms. The van der Waals surface area contributed by atoms with Crippen molar-refractivity contribution in [2.75, 3.05) is 0 Å². The maximum atomic E-state index is 5.95. The summed E-state index contributed by atoms with van der Waals surface area (Å²) >= 11 is 1.69. The molecule has 15 heavy (non-hydrogen) atoms. The van der Waals surface area contributed by atoms with Crippen LogP contribution in [0.15, 0.2) is 15.9 Å². The Hall–Kier alpha value is -0.760. The molecule has 0 aliphatic carbocycles. The highest BCUT2D eigenvalue weighted by molar-refractivity contribution is 7.16. The van der Waals surface area contributed by atoms with E-state index in [0.717, 1.165) is 10.7 Å². The summed E-state index contributed by atoms with van der Waals surface area (Å²) in [6.07, 6.45) is 0. The molecule has 2 rings (SSSR count). The second kappa shape index (κ2) is 3.38. The van der Waals surface area contributed by atoms with E-state index in [1.54, 1.807) is 11.3 Å². The molecule has 0 atom stereocenters. The molecular formula is C13H18OS. The molecule has 0 amide bonds. The largest absolute Gasteiger partial charge is 0.450 e. The molecule has 0 N–H and O–H groups in total. The van der Waals surface area contributed by atoms with Crippen molar-refractivity contribution in [1.82, 2.24) is 0 Å². The molecule has 0 aliphatic rings. The summed E-state index contributed by atoms with van der Waals surface area (Å²) in [6, 6.07) is 2.18. The van der Waals surface area contributed by atoms with Gasteiger partial charge < -0.3 is 4.42 Å². The fourth-order valence-electron chi connectivity index (χ4n) is 2.02. The molecule has 0 bridgehead atoms. The Balaban J connectivity index is 2.75. The van der Waals surface area contributed by atoms with Gasteiger partial charge in [0.15, 0.2) is 4.90 Å². The average Bonchev–Trinajstić information content (AvgIpc) is 2.56. The molecule has 1 nitrogen and oxygen atoms in total. The minimum absolute atomic E-state index is 0.159. The molecule has 0 aliphatic heterocycles. The van der Waals surface area contributed by atoms with Gasteiger partial charge in [-0.25, -0.2) is 0 Å². The molecule has 0 unspecified atom stereocenters. The number of fused-ring (bicyclic) bond motifs is 1. The number of hydrogen-bond acceptors (Lipinski definition) is 2. The van der Waals surface area contributed by atoms with Crippen molar-refractivity contribution in [2.45, 2.75) is 46.0 Å². The van der Waals surface area contributed by atoms with Crippen LogP contribution in [0.25, 0.3) is 10.3 Å². The summed E-state index contributed by atoms with van der Waals surface area (Å²) in [5, 5.41) is 3.41. The molecule has 0 aromatic carbocycles. The first-order chi connectivity index (χ1) is 6.91. The Labute approximate surface area is 95.1 Å². The minimum Gasteiger partial charge on any atom is -0.450 e. The molecule has 0 radical (unpaired) electrons. The first kappa shape index (κ1) is 10.7. The summed E-state index contributed by atoms with van der Waals surface area (Å²) in [5.41, 5.74) is 1.54. The van der Waals surface area contributed by atoms with Gasteiger partial charge in [-0.3, -0.25) is 0 Å². The lowest BCUT2D eigenvalue weighted by Crippen LogP contribution is -2.13. The van der Waals surface area contributed by atoms with Gasteiger partial charge in [0.1, 0.15) is 5.76 Å². The Kier molecular flexibility index (Phi) is 2.42. The lowest BCUT2D eigenvalue weighted by atomic mass is 9.83. The van der Waals surface area contributed by atoms with Gasteiger partial charge in [-0.2, -0.15) is 0 Å². The maximum Gasteiger partial charge on any atom is 0.188 e. The van der Waals surface area contributed by atoms with Crippen LogP contribution < -0.4 is 0 Å². The number of thiophene rings is 1. The molecule has 2 aromatic rings. The van der Waals surface area contributed by atoms with E-state index in [1.165, 1.54) is 10.9 Å². The van der Waals surface area contributed by atoms with E-state index in [2.05, 4.69) is 46.1 Å². The van der Waals surface area contributed by atoms with Crippen LogP contribution in [0.1, 0.15) is 51.9 Å². The van der Waals surface area contributed by atoms with Crippen molar-refractivity contribution in [3.63, 3.8) is 0 Å². The first-order valence-corrected chi connectivity index (χ1v) is 6.29. The summed E-state index contributed by atoms with van der Waals surface area (Å²) in [7, 11) is 0. The van der Waals surface area contributed by atoms with Crippen molar-refractivity contribution in [2.24, 2.45) is 0 Å². The Bertz CT molecular complexity index is 468. The fourth-order valence-corrected chi connectivity index (χ4v) is 2.79. The Morgan fingerprint density at radius 3 is 2.47 bits per heavy atom. The summed E-state index contributed by atoms with van der Waals surface area (Å²) in [6.45, 7) is 11.1. The number of rotatable bonds is 1. The zero-order valence-corrected chi connectivity index (χ0v) is 10.9. The lowest BCUT2D eigenvalue weighted by molar-refractivity contribution is 0.489. The van der Waals surface area contributed by atoms with Gasteiger partial charge in [0.05, 0.1) is 0 Å². The third-order valence-corrected chi connectivity index (χ3v) is 3.41. The molecule has 2 heteroatoms. The standard InChI is InChI=1S/C13H18OS/c1-8(2)11-10(13(3,4)5)9-6-7-15-12(9)14-11/h6-8H,1-5H3.